The molecule has 0 bridgehead atoms. The van der Waals surface area contributed by atoms with E-state index in [0.29, 0.717) is 30.3 Å². The summed E-state index contributed by atoms with van der Waals surface area (Å²) in [6.07, 6.45) is 1.73. The van der Waals surface area contributed by atoms with Gasteiger partial charge in [0.05, 0.1) is 18.5 Å². The number of nitrogens with zero attached hydrogens (tertiary/aromatic N) is 1. The molecule has 164 valence electrons. The molecule has 0 saturated heterocycles. The molecule has 0 aliphatic carbocycles. The average molecular weight is 461 g/mol. The summed E-state index contributed by atoms with van der Waals surface area (Å²) in [7, 11) is -3.48. The Morgan fingerprint density at radius 3 is 2.58 bits per heavy atom. The zero-order chi connectivity index (χ0) is 22.3. The fourth-order valence-corrected chi connectivity index (χ4v) is 4.40. The van der Waals surface area contributed by atoms with E-state index < -0.39 is 10.0 Å². The summed E-state index contributed by atoms with van der Waals surface area (Å²) in [5.41, 5.74) is 0.485. The third kappa shape index (κ3) is 6.60. The van der Waals surface area contributed by atoms with Crippen molar-refractivity contribution in [3.8, 4) is 5.75 Å². The highest BCUT2D eigenvalue weighted by molar-refractivity contribution is 7.92. The number of halogens is 1. The van der Waals surface area contributed by atoms with E-state index >= 15 is 0 Å². The molecule has 1 N–H and O–H groups in total. The lowest BCUT2D eigenvalue weighted by Gasteiger charge is -2.22. The highest BCUT2D eigenvalue weighted by Crippen LogP contribution is 2.25. The van der Waals surface area contributed by atoms with Crippen LogP contribution in [0.5, 0.6) is 5.75 Å². The Hall–Kier alpha value is -2.77. The molecule has 31 heavy (non-hydrogen) atoms. The maximum absolute atomic E-state index is 12.1. The Kier molecular flexibility index (Phi) is 7.76. The van der Waals surface area contributed by atoms with Crippen molar-refractivity contribution in [2.75, 3.05) is 30.3 Å². The van der Waals surface area contributed by atoms with E-state index in [4.69, 9.17) is 16.3 Å². The molecule has 0 heterocycles. The van der Waals surface area contributed by atoms with Crippen LogP contribution in [0.4, 0.5) is 5.69 Å². The van der Waals surface area contributed by atoms with Gasteiger partial charge in [-0.2, -0.15) is 0 Å². The topological polar surface area (TPSA) is 75.7 Å². The van der Waals surface area contributed by atoms with Gasteiger partial charge in [0.2, 0.25) is 15.9 Å². The zero-order valence-corrected chi connectivity index (χ0v) is 18.8. The number of carbonyl (C=O) groups excluding carboxylic acids is 1. The molecule has 0 saturated carbocycles. The van der Waals surface area contributed by atoms with E-state index in [-0.39, 0.29) is 18.9 Å². The summed E-state index contributed by atoms with van der Waals surface area (Å²) in [6, 6.07) is 20.5. The van der Waals surface area contributed by atoms with Crippen molar-refractivity contribution >= 4 is 44.0 Å². The lowest BCUT2D eigenvalue weighted by molar-refractivity contribution is -0.121. The lowest BCUT2D eigenvalue weighted by Crippen LogP contribution is -2.32. The van der Waals surface area contributed by atoms with Crippen LogP contribution in [0.2, 0.25) is 5.02 Å². The zero-order valence-electron chi connectivity index (χ0n) is 17.3. The van der Waals surface area contributed by atoms with Gasteiger partial charge in [-0.15, -0.1) is 0 Å². The summed E-state index contributed by atoms with van der Waals surface area (Å²) in [5.74, 6) is 0.624. The first-order valence-electron chi connectivity index (χ1n) is 9.95. The van der Waals surface area contributed by atoms with Crippen molar-refractivity contribution < 1.29 is 17.9 Å². The normalized spacial score (nSPS) is 11.3. The number of hydrogen-bond acceptors (Lipinski definition) is 4. The maximum atomic E-state index is 12.1. The Labute approximate surface area is 187 Å². The largest absolute Gasteiger partial charge is 0.491 e. The number of sulfonamides is 1. The van der Waals surface area contributed by atoms with Crippen LogP contribution in [0.1, 0.15) is 12.8 Å². The van der Waals surface area contributed by atoms with Gasteiger partial charge in [0.1, 0.15) is 12.4 Å². The van der Waals surface area contributed by atoms with Crippen molar-refractivity contribution in [2.24, 2.45) is 0 Å². The molecule has 0 unspecified atom stereocenters. The molecule has 0 aliphatic heterocycles. The molecule has 0 fully saturated rings. The number of amides is 1. The molecule has 1 amide bonds. The molecule has 3 aromatic carbocycles. The van der Waals surface area contributed by atoms with Gasteiger partial charge in [-0.05, 0) is 36.1 Å². The van der Waals surface area contributed by atoms with E-state index in [0.717, 1.165) is 22.8 Å². The van der Waals surface area contributed by atoms with Gasteiger partial charge in [-0.1, -0.05) is 54.1 Å². The van der Waals surface area contributed by atoms with Crippen molar-refractivity contribution in [1.82, 2.24) is 5.32 Å². The third-order valence-corrected chi connectivity index (χ3v) is 6.12. The van der Waals surface area contributed by atoms with E-state index in [1.165, 1.54) is 4.31 Å². The van der Waals surface area contributed by atoms with Gasteiger partial charge >= 0.3 is 0 Å². The number of hydrogen-bond donors (Lipinski definition) is 1. The van der Waals surface area contributed by atoms with Crippen molar-refractivity contribution in [3.05, 3.63) is 71.8 Å². The minimum atomic E-state index is -3.48. The third-order valence-electron chi connectivity index (χ3n) is 4.69. The van der Waals surface area contributed by atoms with E-state index in [1.54, 1.807) is 24.3 Å². The highest BCUT2D eigenvalue weighted by Gasteiger charge is 2.17. The van der Waals surface area contributed by atoms with Crippen molar-refractivity contribution in [2.45, 2.75) is 12.8 Å². The van der Waals surface area contributed by atoms with Gasteiger partial charge < -0.3 is 10.1 Å². The minimum absolute atomic E-state index is 0.152. The number of nitrogens with one attached hydrogen (secondary N) is 1. The van der Waals surface area contributed by atoms with Crippen molar-refractivity contribution in [1.29, 1.82) is 0 Å². The fourth-order valence-electron chi connectivity index (χ4n) is 3.26. The Morgan fingerprint density at radius 1 is 1.06 bits per heavy atom. The van der Waals surface area contributed by atoms with Crippen molar-refractivity contribution in [3.63, 3.8) is 0 Å². The molecule has 3 rings (SSSR count). The molecule has 0 aromatic heterocycles. The van der Waals surface area contributed by atoms with Crippen LogP contribution in [-0.2, 0) is 14.8 Å². The van der Waals surface area contributed by atoms with Crippen LogP contribution in [0.3, 0.4) is 0 Å². The summed E-state index contributed by atoms with van der Waals surface area (Å²) in [5, 5.41) is 5.39. The smallest absolute Gasteiger partial charge is 0.232 e. The number of fused-ring (bicyclic) bond motifs is 1. The lowest BCUT2D eigenvalue weighted by atomic mass is 10.1. The van der Waals surface area contributed by atoms with Crippen LogP contribution in [0.25, 0.3) is 10.8 Å². The van der Waals surface area contributed by atoms with E-state index in [2.05, 4.69) is 5.32 Å². The molecule has 8 heteroatoms. The Balaban J connectivity index is 1.44. The second kappa shape index (κ2) is 10.5. The number of rotatable bonds is 10. The molecular formula is C23H25ClN2O4S. The van der Waals surface area contributed by atoms with Gasteiger partial charge in [-0.3, -0.25) is 9.10 Å². The van der Waals surface area contributed by atoms with Gasteiger partial charge in [0.25, 0.3) is 0 Å². The molecule has 0 radical (unpaired) electrons. The second-order valence-electron chi connectivity index (χ2n) is 7.09. The highest BCUT2D eigenvalue weighted by atomic mass is 35.5. The van der Waals surface area contributed by atoms with Crippen LogP contribution < -0.4 is 14.4 Å². The van der Waals surface area contributed by atoms with Gasteiger partial charge in [0, 0.05) is 23.4 Å². The number of benzene rings is 3. The predicted octanol–water partition coefficient (Wildman–Crippen LogP) is 4.23. The summed E-state index contributed by atoms with van der Waals surface area (Å²) in [4.78, 5) is 12.1. The fraction of sp³-hybridized carbons (Fsp3) is 0.261. The molecule has 0 aliphatic rings. The SMILES string of the molecule is CS(=O)(=O)N(CCCC(=O)NCCOc1cccc2ccccc12)c1cccc(Cl)c1. The molecule has 0 spiro atoms. The minimum Gasteiger partial charge on any atom is -0.491 e. The Bertz CT molecular complexity index is 1150. The van der Waals surface area contributed by atoms with Crippen LogP contribution in [0, 0.1) is 0 Å². The summed E-state index contributed by atoms with van der Waals surface area (Å²) in [6.45, 7) is 0.906. The molecule has 0 atom stereocenters. The van der Waals surface area contributed by atoms with Crippen LogP contribution in [-0.4, -0.2) is 40.3 Å². The van der Waals surface area contributed by atoms with Crippen LogP contribution >= 0.6 is 11.6 Å². The number of anilines is 1. The average Bonchev–Trinajstić information content (AvgIpc) is 2.73. The quantitative estimate of drug-likeness (QED) is 0.459. The monoisotopic (exact) mass is 460 g/mol. The summed E-state index contributed by atoms with van der Waals surface area (Å²) < 4.78 is 31.3. The number of carbonyl (C=O) groups is 1. The Morgan fingerprint density at radius 2 is 1.81 bits per heavy atom. The first-order valence-corrected chi connectivity index (χ1v) is 12.2. The molecule has 6 nitrogen and oxygen atoms in total. The summed E-state index contributed by atoms with van der Waals surface area (Å²) >= 11 is 5.97. The predicted molar refractivity (Wildman–Crippen MR) is 125 cm³/mol. The van der Waals surface area contributed by atoms with Gasteiger partial charge in [0.15, 0.2) is 0 Å². The second-order valence-corrected chi connectivity index (χ2v) is 9.44. The number of ether oxygens (including phenoxy) is 1. The molecular weight excluding hydrogens is 436 g/mol. The standard InChI is InChI=1S/C23H25ClN2O4S/c1-31(28,29)26(20-10-5-9-19(24)17-20)15-6-13-23(27)25-14-16-30-22-12-4-8-18-7-2-3-11-21(18)22/h2-5,7-12,17H,6,13-16H2,1H3,(H,25,27). The van der Waals surface area contributed by atoms with Gasteiger partial charge in [-0.25, -0.2) is 8.42 Å². The van der Waals surface area contributed by atoms with E-state index in [9.17, 15) is 13.2 Å². The van der Waals surface area contributed by atoms with Crippen LogP contribution in [0.15, 0.2) is 66.7 Å². The maximum Gasteiger partial charge on any atom is 0.232 e. The first kappa shape index (κ1) is 22.9. The molecule has 3 aromatic rings. The van der Waals surface area contributed by atoms with E-state index in [1.807, 2.05) is 42.5 Å². The first-order chi connectivity index (χ1) is 14.8.